The van der Waals surface area contributed by atoms with Gasteiger partial charge in [0.15, 0.2) is 0 Å². The van der Waals surface area contributed by atoms with Crippen molar-refractivity contribution in [1.82, 2.24) is 9.82 Å². The van der Waals surface area contributed by atoms with Crippen molar-refractivity contribution >= 4 is 15.7 Å². The zero-order valence-electron chi connectivity index (χ0n) is 6.75. The minimum absolute atomic E-state index is 0.620. The van der Waals surface area contributed by atoms with Crippen LogP contribution in [0, 0.1) is 10.1 Å². The molecule has 0 aliphatic rings. The Kier molecular flexibility index (Phi) is 2.74. The fraction of sp³-hybridized carbons (Fsp3) is 0. The first-order chi connectivity index (χ1) is 6.49. The Bertz CT molecular complexity index is 457. The molecule has 0 radical (unpaired) electrons. The van der Waals surface area contributed by atoms with E-state index in [-0.39, 0.29) is 0 Å². The van der Waals surface area contributed by atoms with Gasteiger partial charge in [0.05, 0.1) is 4.92 Å². The molecule has 0 unspecified atom stereocenters. The van der Waals surface area contributed by atoms with Crippen molar-refractivity contribution in [3.05, 3.63) is 28.4 Å². The van der Waals surface area contributed by atoms with Crippen LogP contribution < -0.4 is 10.7 Å². The minimum Gasteiger partial charge on any atom is -0.258 e. The Balaban J connectivity index is 3.42. The number of hydrazine groups is 1. The van der Waals surface area contributed by atoms with Crippen molar-refractivity contribution in [3.8, 4) is 0 Å². The van der Waals surface area contributed by atoms with E-state index in [1.165, 1.54) is 10.9 Å². The van der Waals surface area contributed by atoms with E-state index in [4.69, 9.17) is 5.84 Å². The molecule has 14 heavy (non-hydrogen) atoms. The van der Waals surface area contributed by atoms with Crippen LogP contribution in [0.15, 0.2) is 23.4 Å². The van der Waals surface area contributed by atoms with E-state index >= 15 is 0 Å². The molecule has 9 heteroatoms. The summed E-state index contributed by atoms with van der Waals surface area (Å²) in [6.07, 6.45) is 1.12. The van der Waals surface area contributed by atoms with E-state index in [2.05, 4.69) is 4.98 Å². The predicted octanol–water partition coefficient (Wildman–Crippen LogP) is -0.858. The quantitative estimate of drug-likeness (QED) is 0.386. The number of hydrogen-bond acceptors (Lipinski definition) is 6. The molecule has 0 aliphatic heterocycles. The van der Waals surface area contributed by atoms with Crippen molar-refractivity contribution in [2.45, 2.75) is 5.03 Å². The van der Waals surface area contributed by atoms with E-state index in [1.807, 2.05) is 0 Å². The molecule has 0 aliphatic carbocycles. The van der Waals surface area contributed by atoms with Crippen LogP contribution >= 0.6 is 0 Å². The molecule has 3 N–H and O–H groups in total. The first-order valence-corrected chi connectivity index (χ1v) is 4.79. The van der Waals surface area contributed by atoms with Gasteiger partial charge in [0.2, 0.25) is 5.03 Å². The lowest BCUT2D eigenvalue weighted by Crippen LogP contribution is -2.31. The summed E-state index contributed by atoms with van der Waals surface area (Å²) < 4.78 is 22.2. The normalized spacial score (nSPS) is 11.2. The lowest BCUT2D eigenvalue weighted by Gasteiger charge is -2.00. The highest BCUT2D eigenvalue weighted by molar-refractivity contribution is 7.89. The van der Waals surface area contributed by atoms with E-state index in [1.54, 1.807) is 0 Å². The molecule has 1 aromatic rings. The smallest absolute Gasteiger partial charge is 0.258 e. The highest BCUT2D eigenvalue weighted by atomic mass is 32.2. The van der Waals surface area contributed by atoms with Gasteiger partial charge in [-0.15, -0.1) is 4.83 Å². The van der Waals surface area contributed by atoms with Gasteiger partial charge in [-0.05, 0) is 6.07 Å². The van der Waals surface area contributed by atoms with Crippen molar-refractivity contribution in [3.63, 3.8) is 0 Å². The Hall–Kier alpha value is -1.58. The Labute approximate surface area is 78.9 Å². The van der Waals surface area contributed by atoms with E-state index < -0.39 is 25.7 Å². The number of nitrogens with zero attached hydrogens (tertiary/aromatic N) is 2. The van der Waals surface area contributed by atoms with Crippen molar-refractivity contribution < 1.29 is 13.3 Å². The summed E-state index contributed by atoms with van der Waals surface area (Å²) in [6, 6.07) is 2.28. The topological polar surface area (TPSA) is 128 Å². The first kappa shape index (κ1) is 10.5. The molecule has 0 aromatic carbocycles. The van der Waals surface area contributed by atoms with Crippen molar-refractivity contribution in [1.29, 1.82) is 0 Å². The largest absolute Gasteiger partial charge is 0.308 e. The molecule has 76 valence electrons. The minimum atomic E-state index is -4.10. The van der Waals surface area contributed by atoms with Crippen LogP contribution in [0.5, 0.6) is 0 Å². The Morgan fingerprint density at radius 2 is 2.21 bits per heavy atom. The van der Waals surface area contributed by atoms with Crippen LogP contribution in [0.25, 0.3) is 0 Å². The number of nitrogens with one attached hydrogen (secondary N) is 1. The van der Waals surface area contributed by atoms with Crippen LogP contribution in [-0.2, 0) is 10.0 Å². The number of aromatic nitrogens is 1. The summed E-state index contributed by atoms with van der Waals surface area (Å²) in [5, 5.41) is 9.72. The van der Waals surface area contributed by atoms with Crippen LogP contribution in [0.4, 0.5) is 5.69 Å². The number of rotatable bonds is 3. The molecule has 1 rings (SSSR count). The molecule has 0 spiro atoms. The highest BCUT2D eigenvalue weighted by Gasteiger charge is 2.25. The molecular formula is C5H6N4O4S. The zero-order chi connectivity index (χ0) is 10.8. The molecule has 0 bridgehead atoms. The van der Waals surface area contributed by atoms with Crippen LogP contribution in [0.2, 0.25) is 0 Å². The van der Waals surface area contributed by atoms with Crippen LogP contribution in [0.1, 0.15) is 0 Å². The maximum atomic E-state index is 11.1. The first-order valence-electron chi connectivity index (χ1n) is 3.31. The monoisotopic (exact) mass is 218 g/mol. The maximum Gasteiger partial charge on any atom is 0.308 e. The van der Waals surface area contributed by atoms with Gasteiger partial charge in [0.1, 0.15) is 0 Å². The van der Waals surface area contributed by atoms with E-state index in [9.17, 15) is 18.5 Å². The summed E-state index contributed by atoms with van der Waals surface area (Å²) in [5.74, 6) is 4.71. The molecule has 0 saturated carbocycles. The summed E-state index contributed by atoms with van der Waals surface area (Å²) >= 11 is 0. The Morgan fingerprint density at radius 1 is 1.57 bits per heavy atom. The highest BCUT2D eigenvalue weighted by Crippen LogP contribution is 2.18. The second-order valence-electron chi connectivity index (χ2n) is 2.21. The average Bonchev–Trinajstić information content (AvgIpc) is 2.18. The van der Waals surface area contributed by atoms with Gasteiger partial charge in [-0.1, -0.05) is 0 Å². The van der Waals surface area contributed by atoms with Gasteiger partial charge in [-0.25, -0.2) is 13.4 Å². The lowest BCUT2D eigenvalue weighted by atomic mass is 10.4. The summed E-state index contributed by atoms with van der Waals surface area (Å²) in [4.78, 5) is 14.4. The van der Waals surface area contributed by atoms with Gasteiger partial charge < -0.3 is 0 Å². The molecule has 1 aromatic heterocycles. The Morgan fingerprint density at radius 3 is 2.71 bits per heavy atom. The van der Waals surface area contributed by atoms with Crippen molar-refractivity contribution in [2.75, 3.05) is 0 Å². The number of sulfonamides is 1. The molecule has 0 amide bonds. The standard InChI is InChI=1S/C5H6N4O4S/c6-8-14(12,13)5-4(9(10)11)2-1-3-7-5/h1-3,8H,6H2. The van der Waals surface area contributed by atoms with Gasteiger partial charge in [0, 0.05) is 12.3 Å². The summed E-state index contributed by atoms with van der Waals surface area (Å²) in [5.41, 5.74) is -0.620. The van der Waals surface area contributed by atoms with Crippen LogP contribution in [-0.4, -0.2) is 18.3 Å². The second-order valence-corrected chi connectivity index (χ2v) is 3.84. The van der Waals surface area contributed by atoms with Gasteiger partial charge >= 0.3 is 5.69 Å². The third-order valence-corrected chi connectivity index (χ3v) is 2.49. The third-order valence-electron chi connectivity index (χ3n) is 1.36. The summed E-state index contributed by atoms with van der Waals surface area (Å²) in [6.45, 7) is 0. The molecular weight excluding hydrogens is 212 g/mol. The molecule has 1 heterocycles. The van der Waals surface area contributed by atoms with E-state index in [0.717, 1.165) is 12.3 Å². The fourth-order valence-electron chi connectivity index (χ4n) is 0.784. The molecule has 8 nitrogen and oxygen atoms in total. The lowest BCUT2D eigenvalue weighted by molar-refractivity contribution is -0.388. The average molecular weight is 218 g/mol. The number of pyridine rings is 1. The van der Waals surface area contributed by atoms with Gasteiger partial charge in [-0.2, -0.15) is 0 Å². The van der Waals surface area contributed by atoms with Gasteiger partial charge in [0.25, 0.3) is 10.0 Å². The number of nitrogens with two attached hydrogens (primary N) is 1. The molecule has 0 fully saturated rings. The molecule has 0 atom stereocenters. The van der Waals surface area contributed by atoms with Crippen molar-refractivity contribution in [2.24, 2.45) is 5.84 Å². The van der Waals surface area contributed by atoms with E-state index in [0.29, 0.717) is 0 Å². The third kappa shape index (κ3) is 1.84. The van der Waals surface area contributed by atoms with Crippen LogP contribution in [0.3, 0.4) is 0 Å². The SMILES string of the molecule is NNS(=O)(=O)c1ncccc1[N+](=O)[O-]. The zero-order valence-corrected chi connectivity index (χ0v) is 7.56. The fourth-order valence-corrected chi connectivity index (χ4v) is 1.51. The van der Waals surface area contributed by atoms with Gasteiger partial charge in [-0.3, -0.25) is 16.0 Å². The molecule has 0 saturated heterocycles. The second kappa shape index (κ2) is 3.65. The maximum absolute atomic E-state index is 11.1. The summed E-state index contributed by atoms with van der Waals surface area (Å²) in [7, 11) is -4.10. The number of hydrogen-bond donors (Lipinski definition) is 2. The number of nitro groups is 1. The predicted molar refractivity (Wildman–Crippen MR) is 45.4 cm³/mol.